The van der Waals surface area contributed by atoms with Crippen molar-refractivity contribution in [2.24, 2.45) is 0 Å². The highest BCUT2D eigenvalue weighted by Gasteiger charge is 2.33. The highest BCUT2D eigenvalue weighted by molar-refractivity contribution is 7.91. The maximum Gasteiger partial charge on any atom is 0.338 e. The van der Waals surface area contributed by atoms with Gasteiger partial charge in [-0.1, -0.05) is 0 Å². The fourth-order valence-electron chi connectivity index (χ4n) is 2.59. The van der Waals surface area contributed by atoms with E-state index in [0.717, 1.165) is 4.31 Å². The van der Waals surface area contributed by atoms with E-state index in [-0.39, 0.29) is 10.5 Å². The van der Waals surface area contributed by atoms with Gasteiger partial charge in [0, 0.05) is 26.8 Å². The molecule has 0 spiro atoms. The lowest BCUT2D eigenvalue weighted by atomic mass is 10.2. The summed E-state index contributed by atoms with van der Waals surface area (Å²) in [4.78, 5) is 12.2. The van der Waals surface area contributed by atoms with Crippen molar-refractivity contribution in [1.29, 1.82) is 0 Å². The minimum Gasteiger partial charge on any atom is -0.459 e. The molecule has 1 aliphatic rings. The average Bonchev–Trinajstić information content (AvgIpc) is 2.96. The van der Waals surface area contributed by atoms with Crippen molar-refractivity contribution >= 4 is 25.8 Å². The first-order valence-electron chi connectivity index (χ1n) is 7.44. The summed E-state index contributed by atoms with van der Waals surface area (Å²) < 4.78 is 53.4. The van der Waals surface area contributed by atoms with Gasteiger partial charge in [-0.25, -0.2) is 25.9 Å². The molecular weight excluding hydrogens is 354 g/mol. The first kappa shape index (κ1) is 18.9. The molecule has 24 heavy (non-hydrogen) atoms. The van der Waals surface area contributed by atoms with Crippen molar-refractivity contribution in [3.8, 4) is 0 Å². The van der Waals surface area contributed by atoms with Crippen LogP contribution < -0.4 is 0 Å². The third-order valence-electron chi connectivity index (χ3n) is 4.08. The second kappa shape index (κ2) is 6.81. The van der Waals surface area contributed by atoms with Gasteiger partial charge in [-0.15, -0.1) is 0 Å². The Kier molecular flexibility index (Phi) is 5.36. The van der Waals surface area contributed by atoms with E-state index in [1.165, 1.54) is 44.6 Å². The summed E-state index contributed by atoms with van der Waals surface area (Å²) in [6.45, 7) is 0. The first-order valence-corrected chi connectivity index (χ1v) is 10.8. The fraction of sp³-hybridized carbons (Fsp3) is 0.533. The molecule has 1 aliphatic carbocycles. The monoisotopic (exact) mass is 375 g/mol. The van der Waals surface area contributed by atoms with E-state index in [1.54, 1.807) is 0 Å². The molecule has 0 bridgehead atoms. The van der Waals surface area contributed by atoms with E-state index < -0.39 is 37.2 Å². The molecule has 0 heterocycles. The van der Waals surface area contributed by atoms with Crippen LogP contribution in [0.4, 0.5) is 0 Å². The Morgan fingerprint density at radius 2 is 1.67 bits per heavy atom. The number of carbonyl (C=O) groups is 1. The molecule has 0 aliphatic heterocycles. The standard InChI is InChI=1S/C15H21NO6S2/c1-16(2)24(20,21)13-7-4-11(5-8-13)15(17)22-12-6-9-14(10-12)23(3,18)19/h4-5,7-8,12,14H,6,9-10H2,1-3H3/t12-,14-/m0/s1. The molecule has 0 unspecified atom stereocenters. The number of sulfonamides is 1. The number of benzene rings is 1. The van der Waals surface area contributed by atoms with Gasteiger partial charge < -0.3 is 4.74 Å². The van der Waals surface area contributed by atoms with Gasteiger partial charge in [-0.3, -0.25) is 0 Å². The molecule has 0 N–H and O–H groups in total. The lowest BCUT2D eigenvalue weighted by Gasteiger charge is -2.13. The maximum absolute atomic E-state index is 12.1. The Hall–Kier alpha value is -1.45. The second-order valence-corrected chi connectivity index (χ2v) is 10.6. The van der Waals surface area contributed by atoms with Crippen LogP contribution in [-0.2, 0) is 24.6 Å². The van der Waals surface area contributed by atoms with Crippen LogP contribution in [-0.4, -0.2) is 58.8 Å². The molecule has 1 fully saturated rings. The molecule has 134 valence electrons. The van der Waals surface area contributed by atoms with Crippen molar-refractivity contribution < 1.29 is 26.4 Å². The summed E-state index contributed by atoms with van der Waals surface area (Å²) in [5.41, 5.74) is 0.232. The van der Waals surface area contributed by atoms with E-state index in [2.05, 4.69) is 0 Å². The molecule has 0 radical (unpaired) electrons. The van der Waals surface area contributed by atoms with Crippen LogP contribution >= 0.6 is 0 Å². The van der Waals surface area contributed by atoms with E-state index in [9.17, 15) is 21.6 Å². The van der Waals surface area contributed by atoms with Gasteiger partial charge in [0.2, 0.25) is 10.0 Å². The van der Waals surface area contributed by atoms with Crippen molar-refractivity contribution in [2.75, 3.05) is 20.4 Å². The minimum atomic E-state index is -3.55. The molecule has 2 rings (SSSR count). The third kappa shape index (κ3) is 4.14. The summed E-state index contributed by atoms with van der Waals surface area (Å²) in [6.07, 6.45) is 2.05. The van der Waals surface area contributed by atoms with Gasteiger partial charge in [-0.2, -0.15) is 0 Å². The van der Waals surface area contributed by atoms with Gasteiger partial charge in [0.1, 0.15) is 15.9 Å². The SMILES string of the molecule is CN(C)S(=O)(=O)c1ccc(C(=O)O[C@H]2CC[C@H](S(C)(=O)=O)C2)cc1. The van der Waals surface area contributed by atoms with E-state index in [0.29, 0.717) is 19.3 Å². The molecule has 2 atom stereocenters. The van der Waals surface area contributed by atoms with Crippen LogP contribution in [0.1, 0.15) is 29.6 Å². The Labute approximate surface area is 142 Å². The van der Waals surface area contributed by atoms with Crippen LogP contribution in [0.3, 0.4) is 0 Å². The number of rotatable bonds is 5. The molecular formula is C15H21NO6S2. The number of hydrogen-bond donors (Lipinski definition) is 0. The van der Waals surface area contributed by atoms with Crippen LogP contribution in [0.15, 0.2) is 29.2 Å². The quantitative estimate of drug-likeness (QED) is 0.714. The molecule has 1 aromatic carbocycles. The molecule has 1 saturated carbocycles. The predicted molar refractivity (Wildman–Crippen MR) is 89.0 cm³/mol. The minimum absolute atomic E-state index is 0.0852. The summed E-state index contributed by atoms with van der Waals surface area (Å²) in [5, 5.41) is -0.470. The summed E-state index contributed by atoms with van der Waals surface area (Å²) >= 11 is 0. The molecule has 0 saturated heterocycles. The van der Waals surface area contributed by atoms with Gasteiger partial charge in [0.25, 0.3) is 0 Å². The molecule has 0 aromatic heterocycles. The normalized spacial score (nSPS) is 21.8. The summed E-state index contributed by atoms with van der Waals surface area (Å²) in [6, 6.07) is 5.48. The number of sulfone groups is 1. The van der Waals surface area contributed by atoms with Gasteiger partial charge in [-0.05, 0) is 37.1 Å². The summed E-state index contributed by atoms with van der Waals surface area (Å²) in [5.74, 6) is -0.581. The number of nitrogens with zero attached hydrogens (tertiary/aromatic N) is 1. The smallest absolute Gasteiger partial charge is 0.338 e. The Morgan fingerprint density at radius 3 is 2.12 bits per heavy atom. The van der Waals surface area contributed by atoms with Crippen molar-refractivity contribution in [3.63, 3.8) is 0 Å². The van der Waals surface area contributed by atoms with Crippen molar-refractivity contribution in [3.05, 3.63) is 29.8 Å². The van der Waals surface area contributed by atoms with Gasteiger partial charge in [0.15, 0.2) is 0 Å². The topological polar surface area (TPSA) is 97.8 Å². The van der Waals surface area contributed by atoms with Gasteiger partial charge >= 0.3 is 5.97 Å². The Bertz CT molecular complexity index is 812. The number of ether oxygens (including phenoxy) is 1. The van der Waals surface area contributed by atoms with Crippen molar-refractivity contribution in [1.82, 2.24) is 4.31 Å². The number of carbonyl (C=O) groups excluding carboxylic acids is 1. The fourth-order valence-corrected chi connectivity index (χ4v) is 4.62. The Morgan fingerprint density at radius 1 is 1.08 bits per heavy atom. The number of esters is 1. The lowest BCUT2D eigenvalue weighted by Crippen LogP contribution is -2.22. The second-order valence-electron chi connectivity index (χ2n) is 6.10. The zero-order valence-electron chi connectivity index (χ0n) is 13.8. The molecule has 9 heteroatoms. The van der Waals surface area contributed by atoms with Crippen LogP contribution in [0.2, 0.25) is 0 Å². The summed E-state index contributed by atoms with van der Waals surface area (Å²) in [7, 11) is -3.83. The maximum atomic E-state index is 12.1. The largest absolute Gasteiger partial charge is 0.459 e. The van der Waals surface area contributed by atoms with E-state index >= 15 is 0 Å². The molecule has 7 nitrogen and oxygen atoms in total. The van der Waals surface area contributed by atoms with E-state index in [1.807, 2.05) is 0 Å². The highest BCUT2D eigenvalue weighted by atomic mass is 32.2. The molecule has 1 aromatic rings. The van der Waals surface area contributed by atoms with E-state index in [4.69, 9.17) is 4.74 Å². The zero-order chi connectivity index (χ0) is 18.1. The van der Waals surface area contributed by atoms with Crippen molar-refractivity contribution in [2.45, 2.75) is 35.5 Å². The highest BCUT2D eigenvalue weighted by Crippen LogP contribution is 2.28. The zero-order valence-corrected chi connectivity index (χ0v) is 15.4. The number of hydrogen-bond acceptors (Lipinski definition) is 6. The van der Waals surface area contributed by atoms with Gasteiger partial charge in [0.05, 0.1) is 15.7 Å². The van der Waals surface area contributed by atoms with Crippen LogP contribution in [0, 0.1) is 0 Å². The average molecular weight is 375 g/mol. The predicted octanol–water partition coefficient (Wildman–Crippen LogP) is 1.06. The third-order valence-corrected chi connectivity index (χ3v) is 7.55. The Balaban J connectivity index is 2.04. The first-order chi connectivity index (χ1) is 11.0. The molecule has 0 amide bonds. The van der Waals surface area contributed by atoms with Crippen LogP contribution in [0.25, 0.3) is 0 Å². The van der Waals surface area contributed by atoms with Crippen LogP contribution in [0.5, 0.6) is 0 Å². The lowest BCUT2D eigenvalue weighted by molar-refractivity contribution is 0.0318.